The van der Waals surface area contributed by atoms with E-state index in [9.17, 15) is 18.0 Å². The zero-order chi connectivity index (χ0) is 19.5. The van der Waals surface area contributed by atoms with Crippen LogP contribution in [0.5, 0.6) is 0 Å². The van der Waals surface area contributed by atoms with E-state index in [1.165, 1.54) is 6.07 Å². The largest absolute Gasteiger partial charge is 0.287 e. The quantitative estimate of drug-likeness (QED) is 0.561. The van der Waals surface area contributed by atoms with Crippen LogP contribution in [0.3, 0.4) is 0 Å². The Morgan fingerprint density at radius 3 is 2.48 bits per heavy atom. The number of amides is 2. The van der Waals surface area contributed by atoms with Crippen molar-refractivity contribution in [3.63, 3.8) is 0 Å². The predicted molar refractivity (Wildman–Crippen MR) is 108 cm³/mol. The first-order valence-electron chi connectivity index (χ1n) is 7.92. The molecule has 0 aliphatic carbocycles. The molecule has 1 aromatic heterocycles. The molecule has 2 heterocycles. The topological polar surface area (TPSA) is 80.3 Å². The van der Waals surface area contributed by atoms with E-state index in [2.05, 4.69) is 17.2 Å². The molecule has 0 saturated carbocycles. The van der Waals surface area contributed by atoms with Gasteiger partial charge in [-0.3, -0.25) is 14.9 Å². The van der Waals surface area contributed by atoms with Gasteiger partial charge in [-0.2, -0.15) is 0 Å². The number of carbonyl (C=O) groups excluding carboxylic acids is 2. The maximum Gasteiger partial charge on any atom is 0.287 e. The van der Waals surface area contributed by atoms with Crippen LogP contribution < -0.4 is 5.32 Å². The monoisotopic (exact) mass is 439 g/mol. The van der Waals surface area contributed by atoms with Crippen LogP contribution in [0.25, 0.3) is 0 Å². The number of hydrogen-bond acceptors (Lipinski definition) is 6. The number of benzene rings is 1. The van der Waals surface area contributed by atoms with Crippen molar-refractivity contribution in [2.45, 2.75) is 27.6 Å². The van der Waals surface area contributed by atoms with Gasteiger partial charge < -0.3 is 0 Å². The second kappa shape index (κ2) is 8.07. The fourth-order valence-electron chi connectivity index (χ4n) is 2.57. The van der Waals surface area contributed by atoms with Crippen molar-refractivity contribution >= 4 is 55.7 Å². The van der Waals surface area contributed by atoms with Crippen LogP contribution in [-0.4, -0.2) is 23.6 Å². The van der Waals surface area contributed by atoms with Crippen molar-refractivity contribution in [2.75, 3.05) is 0 Å². The fraction of sp³-hybridized carbons (Fsp3) is 0.222. The average Bonchev–Trinajstić information content (AvgIpc) is 3.25. The molecule has 5 nitrogen and oxygen atoms in total. The summed E-state index contributed by atoms with van der Waals surface area (Å²) in [6.45, 7) is 0. The van der Waals surface area contributed by atoms with E-state index >= 15 is 0 Å². The van der Waals surface area contributed by atoms with Gasteiger partial charge in [-0.1, -0.05) is 29.5 Å². The van der Waals surface area contributed by atoms with Gasteiger partial charge in [0.1, 0.15) is 4.21 Å². The first-order valence-corrected chi connectivity index (χ1v) is 11.5. The number of imide groups is 1. The summed E-state index contributed by atoms with van der Waals surface area (Å²) in [4.78, 5) is 24.1. The van der Waals surface area contributed by atoms with Crippen molar-refractivity contribution in [1.82, 2.24) is 5.32 Å². The Hall–Kier alpha value is -1.79. The highest BCUT2D eigenvalue weighted by Gasteiger charge is 2.58. The number of sulfone groups is 1. The molecule has 1 aromatic carbocycles. The van der Waals surface area contributed by atoms with Crippen LogP contribution >= 0.6 is 34.7 Å². The lowest BCUT2D eigenvalue weighted by Crippen LogP contribution is -2.43. The van der Waals surface area contributed by atoms with Crippen LogP contribution in [0.4, 0.5) is 4.79 Å². The van der Waals surface area contributed by atoms with Crippen LogP contribution in [0.2, 0.25) is 5.02 Å². The van der Waals surface area contributed by atoms with E-state index in [-0.39, 0.29) is 10.6 Å². The Morgan fingerprint density at radius 1 is 1.15 bits per heavy atom. The third kappa shape index (κ3) is 4.06. The average molecular weight is 440 g/mol. The summed E-state index contributed by atoms with van der Waals surface area (Å²) in [7, 11) is -4.00. The van der Waals surface area contributed by atoms with Crippen LogP contribution in [0.15, 0.2) is 46.0 Å². The van der Waals surface area contributed by atoms with E-state index in [4.69, 9.17) is 11.6 Å². The molecule has 1 aliphatic heterocycles. The Morgan fingerprint density at radius 2 is 1.89 bits per heavy atom. The molecular formula is C18H14ClNO4S3. The molecule has 27 heavy (non-hydrogen) atoms. The molecule has 1 fully saturated rings. The van der Waals surface area contributed by atoms with E-state index in [0.717, 1.165) is 16.9 Å². The highest BCUT2D eigenvalue weighted by molar-refractivity contribution is 8.25. The zero-order valence-electron chi connectivity index (χ0n) is 13.9. The summed E-state index contributed by atoms with van der Waals surface area (Å²) in [6, 6.07) is 10.1. The molecule has 0 radical (unpaired) electrons. The van der Waals surface area contributed by atoms with Crippen molar-refractivity contribution in [3.05, 3.63) is 52.4 Å². The lowest BCUT2D eigenvalue weighted by molar-refractivity contribution is -0.120. The molecule has 1 aliphatic rings. The first kappa shape index (κ1) is 20.0. The molecule has 2 amide bonds. The highest BCUT2D eigenvalue weighted by atomic mass is 35.5. The summed E-state index contributed by atoms with van der Waals surface area (Å²) < 4.78 is 24.3. The van der Waals surface area contributed by atoms with Crippen LogP contribution in [-0.2, 0) is 14.6 Å². The molecule has 0 bridgehead atoms. The molecule has 140 valence electrons. The number of thiophene rings is 1. The zero-order valence-corrected chi connectivity index (χ0v) is 17.1. The fourth-order valence-corrected chi connectivity index (χ4v) is 7.46. The predicted octanol–water partition coefficient (Wildman–Crippen LogP) is 4.08. The van der Waals surface area contributed by atoms with Gasteiger partial charge in [-0.25, -0.2) is 8.42 Å². The maximum absolute atomic E-state index is 13.0. The van der Waals surface area contributed by atoms with E-state index in [0.29, 0.717) is 29.6 Å². The molecule has 2 aromatic rings. The summed E-state index contributed by atoms with van der Waals surface area (Å²) in [5, 5.41) is 3.71. The molecule has 1 saturated heterocycles. The maximum atomic E-state index is 13.0. The van der Waals surface area contributed by atoms with Gasteiger partial charge in [0.15, 0.2) is 0 Å². The van der Waals surface area contributed by atoms with E-state index in [1.54, 1.807) is 35.7 Å². The van der Waals surface area contributed by atoms with Crippen LogP contribution in [0, 0.1) is 11.8 Å². The highest BCUT2D eigenvalue weighted by Crippen LogP contribution is 2.45. The third-order valence-electron chi connectivity index (χ3n) is 3.90. The molecule has 1 N–H and O–H groups in total. The number of hydrogen-bond donors (Lipinski definition) is 1. The molecule has 1 atom stereocenters. The summed E-state index contributed by atoms with van der Waals surface area (Å²) in [5.41, 5.74) is 0.795. The summed E-state index contributed by atoms with van der Waals surface area (Å²) in [5.74, 6) is 5.15. The van der Waals surface area contributed by atoms with Crippen molar-refractivity contribution in [3.8, 4) is 11.8 Å². The summed E-state index contributed by atoms with van der Waals surface area (Å²) in [6.07, 6.45) is 0.760. The minimum atomic E-state index is -4.00. The van der Waals surface area contributed by atoms with Gasteiger partial charge in [-0.05, 0) is 60.3 Å². The molecule has 9 heteroatoms. The van der Waals surface area contributed by atoms with Crippen molar-refractivity contribution in [1.29, 1.82) is 0 Å². The Labute approximate surface area is 170 Å². The van der Waals surface area contributed by atoms with Gasteiger partial charge in [-0.15, -0.1) is 11.3 Å². The summed E-state index contributed by atoms with van der Waals surface area (Å²) >= 11 is 7.39. The molecule has 1 unspecified atom stereocenters. The Bertz CT molecular complexity index is 1020. The smallest absolute Gasteiger partial charge is 0.285 e. The number of thioether (sulfide) groups is 1. The third-order valence-corrected chi connectivity index (χ3v) is 9.60. The van der Waals surface area contributed by atoms with Crippen molar-refractivity contribution in [2.24, 2.45) is 0 Å². The number of unbranched alkanes of at least 4 members (excludes halogenated alkanes) is 1. The Kier molecular flexibility index (Phi) is 5.96. The molecular weight excluding hydrogens is 426 g/mol. The standard InChI is InChI=1S/C18H14ClNO4S3/c19-14-9-7-13(8-10-14)5-2-1-3-11-18(16(21)20-17(22)26-18)27(23,24)15-6-4-12-25-15/h4,6-10,12H,1,3,11H2,(H,20,21,22). The SMILES string of the molecule is O=C1NC(=O)C(CCCC#Cc2ccc(Cl)cc2)(S(=O)(=O)c2cccs2)S1. The first-order chi connectivity index (χ1) is 12.8. The Balaban J connectivity index is 1.75. The van der Waals surface area contributed by atoms with Gasteiger partial charge in [0.25, 0.3) is 11.1 Å². The van der Waals surface area contributed by atoms with Crippen molar-refractivity contribution < 1.29 is 18.0 Å². The minimum absolute atomic E-state index is 0.00473. The van der Waals surface area contributed by atoms with E-state index in [1.807, 2.05) is 0 Å². The second-order valence-corrected chi connectivity index (χ2v) is 11.0. The van der Waals surface area contributed by atoms with Gasteiger partial charge in [0, 0.05) is 17.0 Å². The van der Waals surface area contributed by atoms with Crippen LogP contribution in [0.1, 0.15) is 24.8 Å². The molecule has 0 spiro atoms. The number of halogens is 1. The normalized spacial score (nSPS) is 19.4. The number of rotatable bonds is 5. The van der Waals surface area contributed by atoms with Gasteiger partial charge >= 0.3 is 0 Å². The van der Waals surface area contributed by atoms with E-state index < -0.39 is 25.1 Å². The minimum Gasteiger partial charge on any atom is -0.285 e. The second-order valence-electron chi connectivity index (χ2n) is 5.69. The van der Waals surface area contributed by atoms with Gasteiger partial charge in [0.2, 0.25) is 13.9 Å². The number of nitrogens with one attached hydrogen (secondary N) is 1. The number of carbonyl (C=O) groups is 2. The lowest BCUT2D eigenvalue weighted by Gasteiger charge is -2.23. The molecule has 3 rings (SSSR count). The van der Waals surface area contributed by atoms with Gasteiger partial charge in [0.05, 0.1) is 0 Å². The lowest BCUT2D eigenvalue weighted by atomic mass is 10.1.